The first kappa shape index (κ1) is 16.5. The van der Waals surface area contributed by atoms with Crippen LogP contribution >= 0.6 is 22.6 Å². The molecule has 0 radical (unpaired) electrons. The van der Waals surface area contributed by atoms with E-state index in [1.165, 1.54) is 5.56 Å². The van der Waals surface area contributed by atoms with Gasteiger partial charge in [-0.05, 0) is 65.3 Å². The molecule has 3 rings (SSSR count). The summed E-state index contributed by atoms with van der Waals surface area (Å²) in [6, 6.07) is 18.6. The number of nitrogens with one attached hydrogen (secondary N) is 1. The van der Waals surface area contributed by atoms with E-state index in [-0.39, 0.29) is 11.9 Å². The van der Waals surface area contributed by atoms with Crippen LogP contribution in [0, 0.1) is 3.57 Å². The predicted octanol–water partition coefficient (Wildman–Crippen LogP) is 3.69. The minimum Gasteiger partial charge on any atom is -0.349 e. The molecule has 1 amide bonds. The molecule has 1 aliphatic rings. The van der Waals surface area contributed by atoms with Gasteiger partial charge in [0.2, 0.25) is 0 Å². The third kappa shape index (κ3) is 4.78. The molecule has 1 heterocycles. The normalized spacial score (nSPS) is 16.2. The summed E-state index contributed by atoms with van der Waals surface area (Å²) in [7, 11) is 0. The molecule has 1 N–H and O–H groups in total. The van der Waals surface area contributed by atoms with E-state index >= 15 is 0 Å². The predicted molar refractivity (Wildman–Crippen MR) is 101 cm³/mol. The maximum atomic E-state index is 12.3. The second kappa shape index (κ2) is 7.93. The topological polar surface area (TPSA) is 32.3 Å². The van der Waals surface area contributed by atoms with Crippen molar-refractivity contribution in [3.05, 3.63) is 69.3 Å². The Labute approximate surface area is 151 Å². The van der Waals surface area contributed by atoms with Crippen molar-refractivity contribution in [3.8, 4) is 0 Å². The Balaban J connectivity index is 1.47. The van der Waals surface area contributed by atoms with Crippen LogP contribution in [0.5, 0.6) is 0 Å². The molecule has 0 atom stereocenters. The number of benzene rings is 2. The Morgan fingerprint density at radius 1 is 1.04 bits per heavy atom. The first-order chi connectivity index (χ1) is 11.2. The van der Waals surface area contributed by atoms with Gasteiger partial charge < -0.3 is 5.32 Å². The first-order valence-electron chi connectivity index (χ1n) is 8.03. The molecule has 0 bridgehead atoms. The van der Waals surface area contributed by atoms with Crippen molar-refractivity contribution in [2.24, 2.45) is 0 Å². The number of carbonyl (C=O) groups is 1. The van der Waals surface area contributed by atoms with Gasteiger partial charge in [0, 0.05) is 34.8 Å². The Morgan fingerprint density at radius 3 is 2.35 bits per heavy atom. The van der Waals surface area contributed by atoms with Gasteiger partial charge in [-0.1, -0.05) is 30.3 Å². The number of likely N-dealkylation sites (tertiary alicyclic amines) is 1. The molecule has 4 heteroatoms. The molecule has 0 spiro atoms. The van der Waals surface area contributed by atoms with Crippen LogP contribution in [0.3, 0.4) is 0 Å². The van der Waals surface area contributed by atoms with E-state index in [1.54, 1.807) is 0 Å². The molecule has 23 heavy (non-hydrogen) atoms. The molecule has 0 aromatic heterocycles. The fourth-order valence-electron chi connectivity index (χ4n) is 2.95. The molecule has 3 nitrogen and oxygen atoms in total. The molecule has 1 fully saturated rings. The highest BCUT2D eigenvalue weighted by molar-refractivity contribution is 14.1. The lowest BCUT2D eigenvalue weighted by Crippen LogP contribution is -2.44. The van der Waals surface area contributed by atoms with Crippen LogP contribution in [0.25, 0.3) is 0 Å². The van der Waals surface area contributed by atoms with Crippen LogP contribution in [0.15, 0.2) is 54.6 Å². The number of piperidine rings is 1. The Morgan fingerprint density at radius 2 is 1.70 bits per heavy atom. The molecule has 1 aliphatic heterocycles. The minimum absolute atomic E-state index is 0.0444. The van der Waals surface area contributed by atoms with Crippen molar-refractivity contribution in [2.75, 3.05) is 13.1 Å². The summed E-state index contributed by atoms with van der Waals surface area (Å²) < 4.78 is 1.15. The lowest BCUT2D eigenvalue weighted by molar-refractivity contribution is 0.0909. The monoisotopic (exact) mass is 416 g/mol. The lowest BCUT2D eigenvalue weighted by atomic mass is 10.0. The van der Waals surface area contributed by atoms with Gasteiger partial charge in [0.15, 0.2) is 0 Å². The minimum atomic E-state index is 0.0444. The second-order valence-corrected chi connectivity index (χ2v) is 7.26. The molecule has 0 unspecified atom stereocenters. The molecule has 0 aliphatic carbocycles. The molecule has 120 valence electrons. The zero-order valence-electron chi connectivity index (χ0n) is 13.0. The van der Waals surface area contributed by atoms with Crippen molar-refractivity contribution in [2.45, 2.75) is 25.4 Å². The fraction of sp³-hybridized carbons (Fsp3) is 0.316. The van der Waals surface area contributed by atoms with Crippen molar-refractivity contribution < 1.29 is 4.79 Å². The average molecular weight is 416 g/mol. The first-order valence-corrected chi connectivity index (χ1v) is 9.11. The van der Waals surface area contributed by atoms with E-state index in [9.17, 15) is 4.79 Å². The summed E-state index contributed by atoms with van der Waals surface area (Å²) in [5.41, 5.74) is 2.10. The van der Waals surface area contributed by atoms with Crippen LogP contribution < -0.4 is 5.32 Å². The fourth-order valence-corrected chi connectivity index (χ4v) is 3.31. The largest absolute Gasteiger partial charge is 0.349 e. The highest BCUT2D eigenvalue weighted by atomic mass is 123. The quantitative estimate of drug-likeness (QED) is 0.772. The maximum absolute atomic E-state index is 12.3. The van der Waals surface area contributed by atoms with Gasteiger partial charge in [0.05, 0.1) is 0 Å². The summed E-state index contributed by atoms with van der Waals surface area (Å²) in [6.07, 6.45) is 2.03. The number of amides is 1. The zero-order chi connectivity index (χ0) is 16.1. The van der Waals surface area contributed by atoms with Crippen LogP contribution in [-0.4, -0.2) is 29.9 Å². The van der Waals surface area contributed by atoms with Crippen LogP contribution in [-0.2, 0) is 6.54 Å². The van der Waals surface area contributed by atoms with E-state index in [0.29, 0.717) is 0 Å². The van der Waals surface area contributed by atoms with Gasteiger partial charge >= 0.3 is 0 Å². The van der Waals surface area contributed by atoms with Gasteiger partial charge in [-0.3, -0.25) is 9.69 Å². The summed E-state index contributed by atoms with van der Waals surface area (Å²) in [6.45, 7) is 3.07. The van der Waals surface area contributed by atoms with Crippen molar-refractivity contribution in [1.82, 2.24) is 10.2 Å². The number of hydrogen-bond donors (Lipinski definition) is 1. The molecule has 2 aromatic rings. The highest BCUT2D eigenvalue weighted by Gasteiger charge is 2.21. The summed E-state index contributed by atoms with van der Waals surface area (Å²) in [5.74, 6) is 0.0444. The Kier molecular flexibility index (Phi) is 5.67. The smallest absolute Gasteiger partial charge is 0.251 e. The van der Waals surface area contributed by atoms with Gasteiger partial charge in [-0.15, -0.1) is 0 Å². The number of carbonyl (C=O) groups excluding carboxylic acids is 1. The summed E-state index contributed by atoms with van der Waals surface area (Å²) in [5, 5.41) is 3.17. The summed E-state index contributed by atoms with van der Waals surface area (Å²) >= 11 is 2.25. The number of halogens is 1. The standard InChI is InChI=1S/C19H21IN2O/c20-17-8-6-16(7-9-17)19(23)21-18-10-12-22(13-11-18)14-15-4-2-1-3-5-15/h1-9,18H,10-14H2,(H,21,23)/i20-4. The number of nitrogens with zero attached hydrogens (tertiary/aromatic N) is 1. The molecule has 2 aromatic carbocycles. The van der Waals surface area contributed by atoms with Crippen molar-refractivity contribution >= 4 is 28.5 Å². The molecule has 1 saturated heterocycles. The number of rotatable bonds is 4. The lowest BCUT2D eigenvalue weighted by Gasteiger charge is -2.32. The third-order valence-electron chi connectivity index (χ3n) is 4.28. The van der Waals surface area contributed by atoms with E-state index < -0.39 is 0 Å². The van der Waals surface area contributed by atoms with E-state index in [2.05, 4.69) is 63.1 Å². The van der Waals surface area contributed by atoms with E-state index in [1.807, 2.05) is 24.3 Å². The maximum Gasteiger partial charge on any atom is 0.251 e. The van der Waals surface area contributed by atoms with Crippen molar-refractivity contribution in [3.63, 3.8) is 0 Å². The van der Waals surface area contributed by atoms with Crippen LogP contribution in [0.1, 0.15) is 28.8 Å². The highest BCUT2D eigenvalue weighted by Crippen LogP contribution is 2.15. The number of hydrogen-bond acceptors (Lipinski definition) is 2. The van der Waals surface area contributed by atoms with Gasteiger partial charge in [-0.25, -0.2) is 0 Å². The Hall–Kier alpha value is -1.40. The average Bonchev–Trinajstić information content (AvgIpc) is 2.58. The van der Waals surface area contributed by atoms with E-state index in [0.717, 1.165) is 41.6 Å². The second-order valence-electron chi connectivity index (χ2n) is 6.02. The van der Waals surface area contributed by atoms with Gasteiger partial charge in [-0.2, -0.15) is 0 Å². The summed E-state index contributed by atoms with van der Waals surface area (Å²) in [4.78, 5) is 14.7. The van der Waals surface area contributed by atoms with E-state index in [4.69, 9.17) is 0 Å². The molecular formula is C19H21IN2O. The van der Waals surface area contributed by atoms with Gasteiger partial charge in [0.25, 0.3) is 5.91 Å². The molecular weight excluding hydrogens is 395 g/mol. The third-order valence-corrected chi connectivity index (χ3v) is 5.00. The molecule has 0 saturated carbocycles. The van der Waals surface area contributed by atoms with Gasteiger partial charge in [0.1, 0.15) is 0 Å². The van der Waals surface area contributed by atoms with Crippen LogP contribution in [0.2, 0.25) is 0 Å². The SMILES string of the molecule is O=C(NC1CCN(Cc2ccccc2)CC1)c1ccc([123I])cc1. The van der Waals surface area contributed by atoms with Crippen LogP contribution in [0.4, 0.5) is 0 Å². The zero-order valence-corrected chi connectivity index (χ0v) is 15.2. The Bertz CT molecular complexity index is 634. The van der Waals surface area contributed by atoms with Crippen molar-refractivity contribution in [1.29, 1.82) is 0 Å².